The van der Waals surface area contributed by atoms with Crippen molar-refractivity contribution < 1.29 is 23.8 Å². The lowest BCUT2D eigenvalue weighted by Crippen LogP contribution is -2.39. The molecule has 0 bridgehead atoms. The number of hydrogen-bond acceptors (Lipinski definition) is 11. The first-order valence-corrected chi connectivity index (χ1v) is 13.4. The second-order valence-electron chi connectivity index (χ2n) is 9.22. The smallest absolute Gasteiger partial charge is 0.327 e. The summed E-state index contributed by atoms with van der Waals surface area (Å²) < 4.78 is 17.7. The van der Waals surface area contributed by atoms with Gasteiger partial charge in [-0.3, -0.25) is 9.59 Å². The van der Waals surface area contributed by atoms with Gasteiger partial charge in [0.2, 0.25) is 0 Å². The maximum Gasteiger partial charge on any atom is 0.327 e. The van der Waals surface area contributed by atoms with E-state index in [1.807, 2.05) is 0 Å². The molecule has 0 spiro atoms. The lowest BCUT2D eigenvalue weighted by molar-refractivity contribution is -0.144. The fourth-order valence-electron chi connectivity index (χ4n) is 4.52. The number of Topliss-reactive ketones (excluding diaryl/α,β-unsaturated/α-hetero) is 1. The molecule has 2 aliphatic heterocycles. The maximum absolute atomic E-state index is 12.4. The van der Waals surface area contributed by atoms with Crippen LogP contribution >= 0.6 is 23.1 Å². The van der Waals surface area contributed by atoms with Crippen LogP contribution in [0.1, 0.15) is 38.8 Å². The topological polar surface area (TPSA) is 104 Å². The van der Waals surface area contributed by atoms with Crippen molar-refractivity contribution in [2.75, 3.05) is 37.8 Å². The molecule has 3 aromatic heterocycles. The molecule has 0 saturated carbocycles. The molecule has 9 nitrogen and oxygen atoms in total. The molecule has 1 atom stereocenters. The number of pyridine rings is 1. The van der Waals surface area contributed by atoms with Crippen molar-refractivity contribution in [2.45, 2.75) is 56.6 Å². The molecule has 11 heteroatoms. The van der Waals surface area contributed by atoms with E-state index in [0.717, 1.165) is 63.1 Å². The van der Waals surface area contributed by atoms with Crippen LogP contribution in [-0.2, 0) is 36.8 Å². The molecule has 0 unspecified atom stereocenters. The van der Waals surface area contributed by atoms with Crippen LogP contribution in [0.25, 0.3) is 20.4 Å². The summed E-state index contributed by atoms with van der Waals surface area (Å²) in [5, 5.41) is 0.615. The Labute approximate surface area is 211 Å². The number of aromatic nitrogens is 3. The van der Waals surface area contributed by atoms with E-state index >= 15 is 0 Å². The minimum Gasteiger partial charge on any atom is -0.465 e. The molecule has 1 fully saturated rings. The second kappa shape index (κ2) is 9.61. The van der Waals surface area contributed by atoms with Gasteiger partial charge in [0.1, 0.15) is 22.0 Å². The Balaban J connectivity index is 1.68. The number of esters is 1. The fraction of sp³-hybridized carbons (Fsp3) is 0.542. The molecule has 1 saturated heterocycles. The molecule has 3 aromatic rings. The Morgan fingerprint density at radius 2 is 2.03 bits per heavy atom. The molecule has 0 aromatic carbocycles. The van der Waals surface area contributed by atoms with Gasteiger partial charge in [-0.25, -0.2) is 15.0 Å². The van der Waals surface area contributed by atoms with Crippen molar-refractivity contribution in [1.29, 1.82) is 0 Å². The van der Waals surface area contributed by atoms with E-state index in [0.29, 0.717) is 24.8 Å². The molecule has 5 heterocycles. The second-order valence-corrected chi connectivity index (χ2v) is 11.3. The number of carbonyl (C=O) groups is 2. The minimum atomic E-state index is -0.976. The Morgan fingerprint density at radius 1 is 1.26 bits per heavy atom. The highest BCUT2D eigenvalue weighted by Crippen LogP contribution is 2.45. The summed E-state index contributed by atoms with van der Waals surface area (Å²) in [6.07, 6.45) is 2.22. The lowest BCUT2D eigenvalue weighted by atomic mass is 9.90. The highest BCUT2D eigenvalue weighted by Gasteiger charge is 2.34. The van der Waals surface area contributed by atoms with Gasteiger partial charge in [0.25, 0.3) is 0 Å². The van der Waals surface area contributed by atoms with Gasteiger partial charge in [0, 0.05) is 30.5 Å². The van der Waals surface area contributed by atoms with Gasteiger partial charge in [-0.1, -0.05) is 11.8 Å². The molecule has 5 rings (SSSR count). The molecule has 0 N–H and O–H groups in total. The number of fused-ring (bicyclic) bond motifs is 5. The van der Waals surface area contributed by atoms with Crippen LogP contribution in [0.3, 0.4) is 0 Å². The van der Waals surface area contributed by atoms with Gasteiger partial charge in [0.05, 0.1) is 42.2 Å². The van der Waals surface area contributed by atoms with Gasteiger partial charge >= 0.3 is 5.97 Å². The summed E-state index contributed by atoms with van der Waals surface area (Å²) in [6, 6.07) is 0. The van der Waals surface area contributed by atoms with E-state index in [1.165, 1.54) is 30.2 Å². The van der Waals surface area contributed by atoms with Crippen LogP contribution in [-0.4, -0.2) is 70.5 Å². The number of ketones is 1. The third-order valence-corrected chi connectivity index (χ3v) is 8.69. The molecular weight excluding hydrogens is 488 g/mol. The highest BCUT2D eigenvalue weighted by molar-refractivity contribution is 8.01. The van der Waals surface area contributed by atoms with Crippen molar-refractivity contribution in [3.63, 3.8) is 0 Å². The first-order valence-electron chi connectivity index (χ1n) is 11.7. The van der Waals surface area contributed by atoms with E-state index in [1.54, 1.807) is 6.92 Å². The van der Waals surface area contributed by atoms with E-state index in [4.69, 9.17) is 19.2 Å². The van der Waals surface area contributed by atoms with Crippen LogP contribution in [0.2, 0.25) is 0 Å². The highest BCUT2D eigenvalue weighted by atomic mass is 32.2. The molecule has 2 aliphatic rings. The SMILES string of the molecule is CCOC(=O)[C@H](Sc1ncnc2c1sc1nc(N3CCOCC3)c3c(c12)CC(C)(C)OC3)C(C)=O. The molecule has 0 aliphatic carbocycles. The number of nitrogens with zero attached hydrogens (tertiary/aromatic N) is 4. The van der Waals surface area contributed by atoms with Gasteiger partial charge in [-0.15, -0.1) is 11.3 Å². The third kappa shape index (κ3) is 4.62. The van der Waals surface area contributed by atoms with Crippen LogP contribution < -0.4 is 4.90 Å². The fourth-order valence-corrected chi connectivity index (χ4v) is 6.69. The zero-order valence-electron chi connectivity index (χ0n) is 20.3. The first kappa shape index (κ1) is 24.4. The Hall–Kier alpha value is -2.34. The number of carbonyl (C=O) groups excluding carboxylic acids is 2. The summed E-state index contributed by atoms with van der Waals surface area (Å²) in [4.78, 5) is 42.0. The third-order valence-electron chi connectivity index (χ3n) is 6.18. The zero-order chi connectivity index (χ0) is 24.7. The number of thioether (sulfide) groups is 1. The van der Waals surface area contributed by atoms with Crippen molar-refractivity contribution >= 4 is 61.1 Å². The largest absolute Gasteiger partial charge is 0.465 e. The van der Waals surface area contributed by atoms with Gasteiger partial charge in [0.15, 0.2) is 11.0 Å². The zero-order valence-corrected chi connectivity index (χ0v) is 21.9. The number of anilines is 1. The monoisotopic (exact) mass is 516 g/mol. The predicted octanol–water partition coefficient (Wildman–Crippen LogP) is 3.54. The lowest BCUT2D eigenvalue weighted by Gasteiger charge is -2.36. The Bertz CT molecular complexity index is 1300. The Kier molecular flexibility index (Phi) is 6.69. The van der Waals surface area contributed by atoms with Crippen LogP contribution in [0.15, 0.2) is 11.4 Å². The molecule has 0 radical (unpaired) electrons. The molecule has 35 heavy (non-hydrogen) atoms. The van der Waals surface area contributed by atoms with E-state index in [2.05, 4.69) is 28.7 Å². The van der Waals surface area contributed by atoms with Crippen LogP contribution in [0.4, 0.5) is 5.82 Å². The van der Waals surface area contributed by atoms with Gasteiger partial charge < -0.3 is 19.1 Å². The first-order chi connectivity index (χ1) is 16.8. The van der Waals surface area contributed by atoms with Gasteiger partial charge in [-0.05, 0) is 33.3 Å². The minimum absolute atomic E-state index is 0.212. The van der Waals surface area contributed by atoms with E-state index in [-0.39, 0.29) is 18.0 Å². The maximum atomic E-state index is 12.4. The summed E-state index contributed by atoms with van der Waals surface area (Å²) in [7, 11) is 0. The van der Waals surface area contributed by atoms with Crippen LogP contribution in [0, 0.1) is 0 Å². The van der Waals surface area contributed by atoms with E-state index < -0.39 is 11.2 Å². The van der Waals surface area contributed by atoms with Crippen molar-refractivity contribution in [3.05, 3.63) is 17.5 Å². The Morgan fingerprint density at radius 3 is 2.74 bits per heavy atom. The molecule has 186 valence electrons. The van der Waals surface area contributed by atoms with E-state index in [9.17, 15) is 9.59 Å². The summed E-state index contributed by atoms with van der Waals surface area (Å²) in [6.45, 7) is 10.9. The quantitative estimate of drug-likeness (QED) is 0.209. The van der Waals surface area contributed by atoms with Gasteiger partial charge in [-0.2, -0.15) is 0 Å². The predicted molar refractivity (Wildman–Crippen MR) is 135 cm³/mol. The number of hydrogen-bond donors (Lipinski definition) is 0. The van der Waals surface area contributed by atoms with Crippen molar-refractivity contribution in [2.24, 2.45) is 0 Å². The molecule has 0 amide bonds. The average molecular weight is 517 g/mol. The normalized spacial score (nSPS) is 18.5. The number of thiophene rings is 1. The summed E-state index contributed by atoms with van der Waals surface area (Å²) in [5.74, 6) is 0.111. The number of ether oxygens (including phenoxy) is 3. The average Bonchev–Trinajstić information content (AvgIpc) is 3.21. The summed E-state index contributed by atoms with van der Waals surface area (Å²) in [5.41, 5.74) is 2.77. The van der Waals surface area contributed by atoms with Crippen molar-refractivity contribution in [3.8, 4) is 0 Å². The van der Waals surface area contributed by atoms with Crippen molar-refractivity contribution in [1.82, 2.24) is 15.0 Å². The number of morpholine rings is 1. The molecular formula is C24H28N4O5S2. The van der Waals surface area contributed by atoms with Crippen LogP contribution in [0.5, 0.6) is 0 Å². The standard InChI is InChI=1S/C24H28N4O5S2/c1-5-32-23(30)18(13(2)29)34-22-19-17(25-12-26-22)16-14-10-24(3,4)33-11-15(14)20(27-21(16)35-19)28-6-8-31-9-7-28/h12,18H,5-11H2,1-4H3/t18-/m1/s1. The number of rotatable bonds is 6. The summed E-state index contributed by atoms with van der Waals surface area (Å²) >= 11 is 2.61.